The van der Waals surface area contributed by atoms with Crippen LogP contribution in [0.15, 0.2) is 36.7 Å². The van der Waals surface area contributed by atoms with Gasteiger partial charge in [0.15, 0.2) is 0 Å². The molecule has 1 aliphatic heterocycles. The standard InChI is InChI=1S/C17H15ClN4O2/c18-14-4-2-1-3-12(14)9-16(23)22-8-5-13(11-22)24-17-15(10-19)20-6-7-21-17/h1-4,6-7,13H,5,8-9,11H2/t13-/m0/s1. The molecule has 1 atom stereocenters. The summed E-state index contributed by atoms with van der Waals surface area (Å²) in [7, 11) is 0. The lowest BCUT2D eigenvalue weighted by Gasteiger charge is -2.17. The van der Waals surface area contributed by atoms with Crippen LogP contribution in [0.4, 0.5) is 0 Å². The second-order valence-electron chi connectivity index (χ2n) is 5.46. The molecule has 2 aromatic rings. The number of hydrogen-bond acceptors (Lipinski definition) is 5. The van der Waals surface area contributed by atoms with Crippen LogP contribution in [0.5, 0.6) is 5.88 Å². The molecule has 0 radical (unpaired) electrons. The average molecular weight is 343 g/mol. The highest BCUT2D eigenvalue weighted by atomic mass is 35.5. The SMILES string of the molecule is N#Cc1nccnc1O[C@H]1CCN(C(=O)Cc2ccccc2Cl)C1. The van der Waals surface area contributed by atoms with Gasteiger partial charge in [0, 0.05) is 30.4 Å². The molecule has 1 aliphatic rings. The third-order valence-corrected chi connectivity index (χ3v) is 4.21. The van der Waals surface area contributed by atoms with Crippen molar-refractivity contribution in [2.45, 2.75) is 18.9 Å². The van der Waals surface area contributed by atoms with Crippen molar-refractivity contribution in [1.82, 2.24) is 14.9 Å². The van der Waals surface area contributed by atoms with Crippen LogP contribution in [0.3, 0.4) is 0 Å². The Morgan fingerprint density at radius 2 is 2.17 bits per heavy atom. The summed E-state index contributed by atoms with van der Waals surface area (Å²) >= 11 is 6.10. The molecule has 1 saturated heterocycles. The van der Waals surface area contributed by atoms with Crippen LogP contribution in [0.2, 0.25) is 5.02 Å². The first-order valence-electron chi connectivity index (χ1n) is 7.56. The van der Waals surface area contributed by atoms with Crippen molar-refractivity contribution in [3.05, 3.63) is 52.9 Å². The third-order valence-electron chi connectivity index (χ3n) is 3.85. The number of rotatable bonds is 4. The first-order chi connectivity index (χ1) is 11.7. The number of ether oxygens (including phenoxy) is 1. The number of carbonyl (C=O) groups excluding carboxylic acids is 1. The topological polar surface area (TPSA) is 79.1 Å². The maximum Gasteiger partial charge on any atom is 0.251 e. The lowest BCUT2D eigenvalue weighted by atomic mass is 10.1. The van der Waals surface area contributed by atoms with Crippen molar-refractivity contribution in [1.29, 1.82) is 5.26 Å². The molecule has 0 spiro atoms. The van der Waals surface area contributed by atoms with Crippen molar-refractivity contribution in [3.8, 4) is 11.9 Å². The van der Waals surface area contributed by atoms with Crippen molar-refractivity contribution < 1.29 is 9.53 Å². The minimum absolute atomic E-state index is 0.00820. The summed E-state index contributed by atoms with van der Waals surface area (Å²) in [6, 6.07) is 9.27. The Morgan fingerprint density at radius 3 is 2.96 bits per heavy atom. The first kappa shape index (κ1) is 16.2. The highest BCUT2D eigenvalue weighted by Gasteiger charge is 2.28. The van der Waals surface area contributed by atoms with E-state index < -0.39 is 0 Å². The summed E-state index contributed by atoms with van der Waals surface area (Å²) in [5.74, 6) is 0.222. The summed E-state index contributed by atoms with van der Waals surface area (Å²) < 4.78 is 5.74. The van der Waals surface area contributed by atoms with E-state index in [9.17, 15) is 4.79 Å². The minimum atomic E-state index is -0.191. The van der Waals surface area contributed by atoms with Gasteiger partial charge in [-0.15, -0.1) is 0 Å². The lowest BCUT2D eigenvalue weighted by Crippen LogP contribution is -2.32. The molecule has 122 valence electrons. The van der Waals surface area contributed by atoms with E-state index in [0.717, 1.165) is 5.56 Å². The second kappa shape index (κ2) is 7.28. The molecular weight excluding hydrogens is 328 g/mol. The van der Waals surface area contributed by atoms with Crippen LogP contribution in [0.1, 0.15) is 17.7 Å². The van der Waals surface area contributed by atoms with Crippen LogP contribution in [0, 0.1) is 11.3 Å². The molecule has 6 nitrogen and oxygen atoms in total. The largest absolute Gasteiger partial charge is 0.470 e. The zero-order valence-corrected chi connectivity index (χ0v) is 13.6. The number of benzene rings is 1. The van der Waals surface area contributed by atoms with Crippen molar-refractivity contribution in [2.24, 2.45) is 0 Å². The Hall–Kier alpha value is -2.65. The van der Waals surface area contributed by atoms with Gasteiger partial charge in [0.25, 0.3) is 5.88 Å². The number of amides is 1. The highest BCUT2D eigenvalue weighted by molar-refractivity contribution is 6.31. The first-order valence-corrected chi connectivity index (χ1v) is 7.94. The summed E-state index contributed by atoms with van der Waals surface area (Å²) in [5.41, 5.74) is 0.965. The quantitative estimate of drug-likeness (QED) is 0.851. The fourth-order valence-electron chi connectivity index (χ4n) is 2.61. The van der Waals surface area contributed by atoms with E-state index in [4.69, 9.17) is 21.6 Å². The Kier molecular flexibility index (Phi) is 4.92. The van der Waals surface area contributed by atoms with Crippen LogP contribution < -0.4 is 4.74 Å². The minimum Gasteiger partial charge on any atom is -0.470 e. The molecule has 24 heavy (non-hydrogen) atoms. The van der Waals surface area contributed by atoms with E-state index in [0.29, 0.717) is 24.5 Å². The Labute approximate surface area is 144 Å². The van der Waals surface area contributed by atoms with Gasteiger partial charge in [-0.3, -0.25) is 4.79 Å². The van der Waals surface area contributed by atoms with Gasteiger partial charge in [-0.1, -0.05) is 29.8 Å². The highest BCUT2D eigenvalue weighted by Crippen LogP contribution is 2.21. The van der Waals surface area contributed by atoms with Crippen LogP contribution in [0.25, 0.3) is 0 Å². The third kappa shape index (κ3) is 3.63. The fourth-order valence-corrected chi connectivity index (χ4v) is 2.82. The second-order valence-corrected chi connectivity index (χ2v) is 5.87. The predicted molar refractivity (Wildman–Crippen MR) is 87.5 cm³/mol. The lowest BCUT2D eigenvalue weighted by molar-refractivity contribution is -0.129. The molecule has 0 bridgehead atoms. The van der Waals surface area contributed by atoms with Crippen LogP contribution in [-0.2, 0) is 11.2 Å². The number of hydrogen-bond donors (Lipinski definition) is 0. The number of likely N-dealkylation sites (tertiary alicyclic amines) is 1. The van der Waals surface area contributed by atoms with E-state index in [2.05, 4.69) is 9.97 Å². The van der Waals surface area contributed by atoms with Gasteiger partial charge in [0.05, 0.1) is 13.0 Å². The molecular formula is C17H15ClN4O2. The number of nitriles is 1. The zero-order valence-electron chi connectivity index (χ0n) is 12.9. The monoisotopic (exact) mass is 342 g/mol. The number of nitrogens with zero attached hydrogens (tertiary/aromatic N) is 4. The number of carbonyl (C=O) groups is 1. The average Bonchev–Trinajstić information content (AvgIpc) is 3.06. The smallest absolute Gasteiger partial charge is 0.251 e. The van der Waals surface area contributed by atoms with Crippen molar-refractivity contribution in [2.75, 3.05) is 13.1 Å². The molecule has 7 heteroatoms. The number of halogens is 1. The van der Waals surface area contributed by atoms with Crippen LogP contribution in [-0.4, -0.2) is 40.0 Å². The van der Waals surface area contributed by atoms with E-state index in [1.165, 1.54) is 12.4 Å². The molecule has 1 aromatic carbocycles. The molecule has 1 aromatic heterocycles. The van der Waals surface area contributed by atoms with Crippen LogP contribution >= 0.6 is 11.6 Å². The van der Waals surface area contributed by atoms with Gasteiger partial charge in [-0.25, -0.2) is 9.97 Å². The zero-order chi connectivity index (χ0) is 16.9. The Bertz CT molecular complexity index is 790. The molecule has 2 heterocycles. The maximum atomic E-state index is 12.4. The van der Waals surface area contributed by atoms with Gasteiger partial charge in [0.1, 0.15) is 12.2 Å². The summed E-state index contributed by atoms with van der Waals surface area (Å²) in [6.45, 7) is 1.07. The molecule has 0 saturated carbocycles. The Morgan fingerprint density at radius 1 is 1.38 bits per heavy atom. The van der Waals surface area contributed by atoms with Gasteiger partial charge >= 0.3 is 0 Å². The van der Waals surface area contributed by atoms with E-state index in [1.54, 1.807) is 11.0 Å². The van der Waals surface area contributed by atoms with E-state index >= 15 is 0 Å². The van der Waals surface area contributed by atoms with Crippen molar-refractivity contribution >= 4 is 17.5 Å². The summed E-state index contributed by atoms with van der Waals surface area (Å²) in [5, 5.41) is 9.61. The van der Waals surface area contributed by atoms with Gasteiger partial charge in [-0.2, -0.15) is 5.26 Å². The Balaban J connectivity index is 1.60. The predicted octanol–water partition coefficient (Wildman–Crippen LogP) is 2.22. The molecule has 1 fully saturated rings. The fraction of sp³-hybridized carbons (Fsp3) is 0.294. The van der Waals surface area contributed by atoms with Gasteiger partial charge in [0.2, 0.25) is 11.6 Å². The normalized spacial score (nSPS) is 16.7. The molecule has 0 unspecified atom stereocenters. The molecule has 3 rings (SSSR count). The maximum absolute atomic E-state index is 12.4. The summed E-state index contributed by atoms with van der Waals surface area (Å²) in [4.78, 5) is 22.1. The van der Waals surface area contributed by atoms with Gasteiger partial charge < -0.3 is 9.64 Å². The van der Waals surface area contributed by atoms with E-state index in [-0.39, 0.29) is 30.0 Å². The molecule has 1 amide bonds. The molecule has 0 N–H and O–H groups in total. The van der Waals surface area contributed by atoms with E-state index in [1.807, 2.05) is 24.3 Å². The summed E-state index contributed by atoms with van der Waals surface area (Å²) in [6.07, 6.45) is 3.69. The number of aromatic nitrogens is 2. The molecule has 0 aliphatic carbocycles. The van der Waals surface area contributed by atoms with Gasteiger partial charge in [-0.05, 0) is 11.6 Å². The van der Waals surface area contributed by atoms with Crippen molar-refractivity contribution in [3.63, 3.8) is 0 Å².